The molecule has 6 heteroatoms. The Kier molecular flexibility index (Phi) is 8.47. The number of rotatable bonds is 8. The number of halogens is 1. The molecule has 0 aromatic heterocycles. The zero-order valence-corrected chi connectivity index (χ0v) is 15.5. The molecule has 132 valence electrons. The number of esters is 1. The molecule has 0 bridgehead atoms. The average Bonchev–Trinajstić information content (AvgIpc) is 2.58. The van der Waals surface area contributed by atoms with E-state index >= 15 is 0 Å². The number of nitrogens with zero attached hydrogens (tertiary/aromatic N) is 2. The van der Waals surface area contributed by atoms with Crippen LogP contribution in [0.15, 0.2) is 17.2 Å². The van der Waals surface area contributed by atoms with E-state index in [-0.39, 0.29) is 24.9 Å². The van der Waals surface area contributed by atoms with E-state index in [0.717, 1.165) is 29.5 Å². The van der Waals surface area contributed by atoms with E-state index < -0.39 is 0 Å². The Morgan fingerprint density at radius 3 is 2.29 bits per heavy atom. The molecule has 0 N–H and O–H groups in total. The first kappa shape index (κ1) is 20.2. The van der Waals surface area contributed by atoms with Crippen LogP contribution in [0.3, 0.4) is 0 Å². The van der Waals surface area contributed by atoms with Crippen molar-refractivity contribution in [2.45, 2.75) is 46.5 Å². The number of carbonyl (C=O) groups excluding carboxylic acids is 2. The van der Waals surface area contributed by atoms with Gasteiger partial charge in [0.15, 0.2) is 0 Å². The van der Waals surface area contributed by atoms with Crippen molar-refractivity contribution in [3.63, 3.8) is 0 Å². The smallest absolute Gasteiger partial charge is 0.305 e. The molecule has 0 radical (unpaired) electrons. The maximum Gasteiger partial charge on any atom is 0.305 e. The molecule has 1 amide bonds. The van der Waals surface area contributed by atoms with E-state index in [4.69, 9.17) is 16.3 Å². The molecule has 0 unspecified atom stereocenters. The predicted octanol–water partition coefficient (Wildman–Crippen LogP) is 3.40. The number of hydrogen-bond donors (Lipinski definition) is 0. The molecule has 1 aromatic carbocycles. The summed E-state index contributed by atoms with van der Waals surface area (Å²) in [7, 11) is 1.59. The maximum absolute atomic E-state index is 12.4. The predicted molar refractivity (Wildman–Crippen MR) is 96.4 cm³/mol. The van der Waals surface area contributed by atoms with E-state index in [1.807, 2.05) is 26.0 Å². The fourth-order valence-corrected chi connectivity index (χ4v) is 2.59. The topological polar surface area (TPSA) is 59.0 Å². The summed E-state index contributed by atoms with van der Waals surface area (Å²) in [6.07, 6.45) is 3.63. The quantitative estimate of drug-likeness (QED) is 0.409. The molecule has 0 heterocycles. The molecule has 0 fully saturated rings. The molecule has 1 aromatic rings. The highest BCUT2D eigenvalue weighted by atomic mass is 35.5. The number of hydrogen-bond acceptors (Lipinski definition) is 4. The zero-order chi connectivity index (χ0) is 18.1. The van der Waals surface area contributed by atoms with Crippen LogP contribution in [0.2, 0.25) is 5.02 Å². The summed E-state index contributed by atoms with van der Waals surface area (Å²) in [6.45, 7) is 5.87. The lowest BCUT2D eigenvalue weighted by Gasteiger charge is -2.16. The molecular formula is C18H25ClN2O3. The van der Waals surface area contributed by atoms with Gasteiger partial charge in [-0.05, 0) is 41.7 Å². The van der Waals surface area contributed by atoms with Gasteiger partial charge in [0, 0.05) is 18.5 Å². The molecule has 0 spiro atoms. The number of carbonyl (C=O) groups is 2. The van der Waals surface area contributed by atoms with Gasteiger partial charge < -0.3 is 4.74 Å². The lowest BCUT2D eigenvalue weighted by molar-refractivity contribution is -0.141. The molecule has 24 heavy (non-hydrogen) atoms. The second-order valence-corrected chi connectivity index (χ2v) is 5.77. The third-order valence-corrected chi connectivity index (χ3v) is 3.93. The molecular weight excluding hydrogens is 328 g/mol. The van der Waals surface area contributed by atoms with Crippen LogP contribution in [0.25, 0.3) is 0 Å². The molecule has 0 aliphatic heterocycles. The van der Waals surface area contributed by atoms with Crippen molar-refractivity contribution in [3.8, 4) is 0 Å². The van der Waals surface area contributed by atoms with Crippen LogP contribution < -0.4 is 0 Å². The van der Waals surface area contributed by atoms with E-state index in [0.29, 0.717) is 11.4 Å². The van der Waals surface area contributed by atoms with E-state index in [1.165, 1.54) is 11.2 Å². The molecule has 5 nitrogen and oxygen atoms in total. The molecule has 0 saturated heterocycles. The van der Waals surface area contributed by atoms with Gasteiger partial charge in [0.25, 0.3) is 0 Å². The Hall–Kier alpha value is -1.88. The Morgan fingerprint density at radius 2 is 1.79 bits per heavy atom. The summed E-state index contributed by atoms with van der Waals surface area (Å²) in [4.78, 5) is 23.4. The first-order chi connectivity index (χ1) is 11.4. The largest absolute Gasteiger partial charge is 0.460 e. The summed E-state index contributed by atoms with van der Waals surface area (Å²) in [5, 5.41) is 5.98. The van der Waals surface area contributed by atoms with Gasteiger partial charge in [-0.3, -0.25) is 9.59 Å². The summed E-state index contributed by atoms with van der Waals surface area (Å²) in [6, 6.07) is 3.83. The maximum atomic E-state index is 12.4. The Morgan fingerprint density at radius 1 is 1.21 bits per heavy atom. The second kappa shape index (κ2) is 10.1. The van der Waals surface area contributed by atoms with Crippen LogP contribution >= 0.6 is 11.6 Å². The molecule has 0 atom stereocenters. The summed E-state index contributed by atoms with van der Waals surface area (Å²) < 4.78 is 4.88. The zero-order valence-electron chi connectivity index (χ0n) is 14.8. The number of hydrazone groups is 1. The van der Waals surface area contributed by atoms with Crippen LogP contribution in [0.5, 0.6) is 0 Å². The van der Waals surface area contributed by atoms with Crippen molar-refractivity contribution in [1.29, 1.82) is 0 Å². The SMILES string of the molecule is CCC(=O)OC/C=N/N(C)C(=O)Cc1c(CC)cc(Cl)cc1CC. The van der Waals surface area contributed by atoms with E-state index in [2.05, 4.69) is 5.10 Å². The van der Waals surface area contributed by atoms with Crippen LogP contribution in [0.1, 0.15) is 43.9 Å². The summed E-state index contributed by atoms with van der Waals surface area (Å²) in [5.41, 5.74) is 3.19. The highest BCUT2D eigenvalue weighted by Gasteiger charge is 2.15. The monoisotopic (exact) mass is 352 g/mol. The highest BCUT2D eigenvalue weighted by molar-refractivity contribution is 6.30. The lowest BCUT2D eigenvalue weighted by atomic mass is 9.95. The number of ether oxygens (including phenoxy) is 1. The van der Waals surface area contributed by atoms with Crippen LogP contribution in [0, 0.1) is 0 Å². The Labute approximate surface area is 148 Å². The first-order valence-corrected chi connectivity index (χ1v) is 8.55. The standard InChI is InChI=1S/C18H25ClN2O3/c1-5-13-10-15(19)11-14(6-2)16(13)12-17(22)21(4)20-8-9-24-18(23)7-3/h8,10-11H,5-7,9,12H2,1-4H3/b20-8+. The van der Waals surface area contributed by atoms with Crippen molar-refractivity contribution in [2.75, 3.05) is 13.7 Å². The Bertz CT molecular complexity index is 589. The first-order valence-electron chi connectivity index (χ1n) is 8.17. The van der Waals surface area contributed by atoms with Gasteiger partial charge in [-0.15, -0.1) is 0 Å². The normalized spacial score (nSPS) is 10.9. The van der Waals surface area contributed by atoms with Crippen molar-refractivity contribution >= 4 is 29.7 Å². The Balaban J connectivity index is 2.76. The van der Waals surface area contributed by atoms with Crippen molar-refractivity contribution < 1.29 is 14.3 Å². The number of amides is 1. The minimum Gasteiger partial charge on any atom is -0.460 e. The van der Waals surface area contributed by atoms with Crippen LogP contribution in [-0.2, 0) is 33.6 Å². The van der Waals surface area contributed by atoms with Crippen molar-refractivity contribution in [2.24, 2.45) is 5.10 Å². The van der Waals surface area contributed by atoms with Gasteiger partial charge >= 0.3 is 5.97 Å². The van der Waals surface area contributed by atoms with E-state index in [1.54, 1.807) is 14.0 Å². The number of likely N-dealkylation sites (N-methyl/N-ethyl adjacent to an activating group) is 1. The molecule has 0 saturated carbocycles. The lowest BCUT2D eigenvalue weighted by Crippen LogP contribution is -2.24. The third kappa shape index (κ3) is 5.96. The van der Waals surface area contributed by atoms with Gasteiger partial charge in [-0.25, -0.2) is 5.01 Å². The van der Waals surface area contributed by atoms with Gasteiger partial charge in [-0.2, -0.15) is 5.10 Å². The van der Waals surface area contributed by atoms with Crippen molar-refractivity contribution in [3.05, 3.63) is 33.8 Å². The fraction of sp³-hybridized carbons (Fsp3) is 0.500. The molecule has 0 aliphatic carbocycles. The average molecular weight is 353 g/mol. The minimum absolute atomic E-state index is 0.0612. The number of benzene rings is 1. The summed E-state index contributed by atoms with van der Waals surface area (Å²) in [5.74, 6) is -0.420. The fourth-order valence-electron chi connectivity index (χ4n) is 2.33. The van der Waals surface area contributed by atoms with Gasteiger partial charge in [0.05, 0.1) is 12.6 Å². The van der Waals surface area contributed by atoms with Crippen LogP contribution in [-0.4, -0.2) is 36.8 Å². The second-order valence-electron chi connectivity index (χ2n) is 5.34. The minimum atomic E-state index is -0.295. The van der Waals surface area contributed by atoms with Gasteiger partial charge in [0.1, 0.15) is 6.61 Å². The van der Waals surface area contributed by atoms with Gasteiger partial charge in [0.2, 0.25) is 5.91 Å². The third-order valence-electron chi connectivity index (χ3n) is 3.71. The van der Waals surface area contributed by atoms with E-state index in [9.17, 15) is 9.59 Å². The van der Waals surface area contributed by atoms with Crippen LogP contribution in [0.4, 0.5) is 0 Å². The van der Waals surface area contributed by atoms with Gasteiger partial charge in [-0.1, -0.05) is 32.4 Å². The number of aryl methyl sites for hydroxylation is 2. The summed E-state index contributed by atoms with van der Waals surface area (Å²) >= 11 is 6.14. The molecule has 1 rings (SSSR count). The molecule has 0 aliphatic rings. The van der Waals surface area contributed by atoms with Crippen molar-refractivity contribution in [1.82, 2.24) is 5.01 Å². The highest BCUT2D eigenvalue weighted by Crippen LogP contribution is 2.23.